The zero-order valence-electron chi connectivity index (χ0n) is 20.3. The molecule has 1 saturated heterocycles. The molecule has 2 fully saturated rings. The standard InChI is InChI=1S/C28H34N4O2/c1-20-12-13-23(21(2)19-20)25-26(28(34)32(27(25)33)22-9-5-3-4-6-10-22)31-17-15-30(16-18-31)24-11-7-8-14-29-24/h7-8,11-14,19,22H,3-6,9-10,15-18H2,1-2H3. The Morgan fingerprint density at radius 2 is 1.53 bits per heavy atom. The molecule has 2 amide bonds. The van der Waals surface area contributed by atoms with E-state index >= 15 is 0 Å². The Hall–Kier alpha value is -3.15. The van der Waals surface area contributed by atoms with Crippen molar-refractivity contribution in [3.05, 3.63) is 65.0 Å². The highest BCUT2D eigenvalue weighted by Gasteiger charge is 2.45. The molecule has 1 saturated carbocycles. The molecule has 1 aliphatic carbocycles. The molecule has 6 nitrogen and oxygen atoms in total. The van der Waals surface area contributed by atoms with E-state index < -0.39 is 0 Å². The van der Waals surface area contributed by atoms with E-state index in [0.717, 1.165) is 61.3 Å². The third-order valence-electron chi connectivity index (χ3n) is 7.50. The number of amides is 2. The van der Waals surface area contributed by atoms with Crippen LogP contribution in [0.3, 0.4) is 0 Å². The minimum atomic E-state index is -0.106. The number of rotatable bonds is 4. The minimum Gasteiger partial charge on any atom is -0.363 e. The van der Waals surface area contributed by atoms with E-state index in [1.165, 1.54) is 12.8 Å². The lowest BCUT2D eigenvalue weighted by Crippen LogP contribution is -2.48. The number of carbonyl (C=O) groups excluding carboxylic acids is 2. The SMILES string of the molecule is Cc1ccc(C2=C(N3CCN(c4ccccn4)CC3)C(=O)N(C3CCCCCC3)C2=O)c(C)c1. The second kappa shape index (κ2) is 9.61. The van der Waals surface area contributed by atoms with Crippen LogP contribution < -0.4 is 4.90 Å². The first-order valence-electron chi connectivity index (χ1n) is 12.7. The third-order valence-corrected chi connectivity index (χ3v) is 7.50. The van der Waals surface area contributed by atoms with Gasteiger partial charge < -0.3 is 9.80 Å². The molecule has 0 spiro atoms. The predicted octanol–water partition coefficient (Wildman–Crippen LogP) is 4.32. The van der Waals surface area contributed by atoms with Crippen LogP contribution in [0.5, 0.6) is 0 Å². The van der Waals surface area contributed by atoms with Crippen LogP contribution in [0.1, 0.15) is 55.2 Å². The topological polar surface area (TPSA) is 56.8 Å². The van der Waals surface area contributed by atoms with Gasteiger partial charge in [-0.3, -0.25) is 14.5 Å². The summed E-state index contributed by atoms with van der Waals surface area (Å²) in [4.78, 5) is 38.3. The second-order valence-corrected chi connectivity index (χ2v) is 9.83. The zero-order valence-corrected chi connectivity index (χ0v) is 20.3. The summed E-state index contributed by atoms with van der Waals surface area (Å²) in [7, 11) is 0. The minimum absolute atomic E-state index is 0.00978. The summed E-state index contributed by atoms with van der Waals surface area (Å²) in [6, 6.07) is 12.1. The molecule has 0 bridgehead atoms. The highest BCUT2D eigenvalue weighted by atomic mass is 16.2. The average molecular weight is 459 g/mol. The number of aryl methyl sites for hydroxylation is 2. The Balaban J connectivity index is 1.48. The monoisotopic (exact) mass is 458 g/mol. The van der Waals surface area contributed by atoms with Gasteiger partial charge in [0.05, 0.1) is 5.57 Å². The van der Waals surface area contributed by atoms with E-state index in [2.05, 4.69) is 27.8 Å². The molecule has 34 heavy (non-hydrogen) atoms. The molecule has 1 aromatic heterocycles. The first-order valence-corrected chi connectivity index (χ1v) is 12.7. The molecular weight excluding hydrogens is 424 g/mol. The van der Waals surface area contributed by atoms with Gasteiger partial charge in [0.25, 0.3) is 11.8 Å². The summed E-state index contributed by atoms with van der Waals surface area (Å²) < 4.78 is 0. The Labute approximate surface area is 202 Å². The maximum absolute atomic E-state index is 13.9. The van der Waals surface area contributed by atoms with Crippen molar-refractivity contribution in [1.82, 2.24) is 14.8 Å². The van der Waals surface area contributed by atoms with Crippen molar-refractivity contribution in [2.45, 2.75) is 58.4 Å². The fourth-order valence-corrected chi connectivity index (χ4v) is 5.71. The second-order valence-electron chi connectivity index (χ2n) is 9.83. The van der Waals surface area contributed by atoms with E-state index in [1.54, 1.807) is 4.90 Å². The number of aromatic nitrogens is 1. The summed E-state index contributed by atoms with van der Waals surface area (Å²) in [5.74, 6) is 0.754. The van der Waals surface area contributed by atoms with E-state index in [1.807, 2.05) is 43.5 Å². The van der Waals surface area contributed by atoms with Gasteiger partial charge in [-0.1, -0.05) is 55.5 Å². The van der Waals surface area contributed by atoms with Gasteiger partial charge in [0, 0.05) is 38.4 Å². The maximum Gasteiger partial charge on any atom is 0.278 e. The Morgan fingerprint density at radius 3 is 2.18 bits per heavy atom. The van der Waals surface area contributed by atoms with Crippen molar-refractivity contribution in [2.24, 2.45) is 0 Å². The fraction of sp³-hybridized carbons (Fsp3) is 0.464. The molecule has 6 heteroatoms. The summed E-state index contributed by atoms with van der Waals surface area (Å²) in [5.41, 5.74) is 4.29. The van der Waals surface area contributed by atoms with E-state index in [4.69, 9.17) is 0 Å². The molecule has 178 valence electrons. The number of benzene rings is 1. The summed E-state index contributed by atoms with van der Waals surface area (Å²) in [5, 5.41) is 0. The van der Waals surface area contributed by atoms with Crippen molar-refractivity contribution in [3.63, 3.8) is 0 Å². The quantitative estimate of drug-likeness (QED) is 0.504. The highest BCUT2D eigenvalue weighted by Crippen LogP contribution is 2.37. The van der Waals surface area contributed by atoms with Gasteiger partial charge in [-0.05, 0) is 49.9 Å². The van der Waals surface area contributed by atoms with Crippen LogP contribution in [0.4, 0.5) is 5.82 Å². The number of carbonyl (C=O) groups is 2. The van der Waals surface area contributed by atoms with E-state index in [9.17, 15) is 9.59 Å². The molecule has 2 aromatic rings. The third kappa shape index (κ3) is 4.22. The van der Waals surface area contributed by atoms with Gasteiger partial charge in [-0.15, -0.1) is 0 Å². The zero-order chi connectivity index (χ0) is 23.7. The summed E-state index contributed by atoms with van der Waals surface area (Å²) >= 11 is 0. The highest BCUT2D eigenvalue weighted by molar-refractivity contribution is 6.36. The molecule has 3 aliphatic rings. The smallest absolute Gasteiger partial charge is 0.278 e. The van der Waals surface area contributed by atoms with Gasteiger partial charge in [-0.2, -0.15) is 0 Å². The number of imide groups is 1. The van der Waals surface area contributed by atoms with E-state index in [0.29, 0.717) is 24.4 Å². The summed E-state index contributed by atoms with van der Waals surface area (Å²) in [6.07, 6.45) is 8.18. The largest absolute Gasteiger partial charge is 0.363 e. The van der Waals surface area contributed by atoms with Crippen LogP contribution in [-0.2, 0) is 9.59 Å². The Morgan fingerprint density at radius 1 is 0.824 bits per heavy atom. The normalized spacial score (nSPS) is 20.4. The van der Waals surface area contributed by atoms with Crippen molar-refractivity contribution in [2.75, 3.05) is 31.1 Å². The van der Waals surface area contributed by atoms with Gasteiger partial charge in [0.15, 0.2) is 0 Å². The fourth-order valence-electron chi connectivity index (χ4n) is 5.71. The predicted molar refractivity (Wildman–Crippen MR) is 134 cm³/mol. The lowest BCUT2D eigenvalue weighted by atomic mass is 9.97. The lowest BCUT2D eigenvalue weighted by Gasteiger charge is -2.37. The number of hydrogen-bond acceptors (Lipinski definition) is 5. The van der Waals surface area contributed by atoms with Crippen molar-refractivity contribution >= 4 is 23.2 Å². The Bertz CT molecular complexity index is 1090. The molecule has 3 heterocycles. The Kier molecular flexibility index (Phi) is 6.40. The van der Waals surface area contributed by atoms with Gasteiger partial charge in [0.2, 0.25) is 0 Å². The van der Waals surface area contributed by atoms with Gasteiger partial charge >= 0.3 is 0 Å². The molecule has 0 radical (unpaired) electrons. The molecule has 0 unspecified atom stereocenters. The van der Waals surface area contributed by atoms with Crippen LogP contribution in [-0.4, -0.2) is 58.8 Å². The average Bonchev–Trinajstić information content (AvgIpc) is 3.01. The maximum atomic E-state index is 13.9. The van der Waals surface area contributed by atoms with E-state index in [-0.39, 0.29) is 17.9 Å². The van der Waals surface area contributed by atoms with Crippen molar-refractivity contribution in [3.8, 4) is 0 Å². The van der Waals surface area contributed by atoms with Crippen LogP contribution in [0.2, 0.25) is 0 Å². The number of hydrogen-bond donors (Lipinski definition) is 0. The molecule has 5 rings (SSSR count). The molecule has 1 aromatic carbocycles. The van der Waals surface area contributed by atoms with Gasteiger partial charge in [0.1, 0.15) is 11.5 Å². The first-order chi connectivity index (χ1) is 16.5. The van der Waals surface area contributed by atoms with Crippen molar-refractivity contribution in [1.29, 1.82) is 0 Å². The van der Waals surface area contributed by atoms with Gasteiger partial charge in [-0.25, -0.2) is 4.98 Å². The van der Waals surface area contributed by atoms with Crippen LogP contribution in [0, 0.1) is 13.8 Å². The number of pyridine rings is 1. The molecule has 0 N–H and O–H groups in total. The molecular formula is C28H34N4O2. The lowest BCUT2D eigenvalue weighted by molar-refractivity contribution is -0.140. The first kappa shape index (κ1) is 22.6. The molecule has 2 aliphatic heterocycles. The van der Waals surface area contributed by atoms with Crippen LogP contribution in [0.25, 0.3) is 5.57 Å². The molecule has 0 atom stereocenters. The van der Waals surface area contributed by atoms with Crippen LogP contribution >= 0.6 is 0 Å². The number of piperazine rings is 1. The van der Waals surface area contributed by atoms with Crippen LogP contribution in [0.15, 0.2) is 48.3 Å². The van der Waals surface area contributed by atoms with Crippen molar-refractivity contribution < 1.29 is 9.59 Å². The number of anilines is 1. The number of nitrogens with zero attached hydrogens (tertiary/aromatic N) is 4. The summed E-state index contributed by atoms with van der Waals surface area (Å²) in [6.45, 7) is 7.02.